The minimum Gasteiger partial charge on any atom is -0.383 e. The number of aromatic nitrogens is 2. The van der Waals surface area contributed by atoms with Crippen LogP contribution < -0.4 is 5.73 Å². The van der Waals surface area contributed by atoms with E-state index in [0.29, 0.717) is 30.0 Å². The highest BCUT2D eigenvalue weighted by atomic mass is 16.5. The van der Waals surface area contributed by atoms with Crippen molar-refractivity contribution in [3.8, 4) is 0 Å². The van der Waals surface area contributed by atoms with E-state index < -0.39 is 0 Å². The fraction of sp³-hybridized carbons (Fsp3) is 0.692. The number of hydrogen-bond donors (Lipinski definition) is 1. The molecule has 6 nitrogen and oxygen atoms in total. The average molecular weight is 441 g/mol. The van der Waals surface area contributed by atoms with E-state index >= 15 is 0 Å². The zero-order valence-electron chi connectivity index (χ0n) is 19.8. The number of nitrogen functional groups attached to an aromatic ring is 1. The van der Waals surface area contributed by atoms with Crippen molar-refractivity contribution in [2.24, 2.45) is 0 Å². The summed E-state index contributed by atoms with van der Waals surface area (Å²) in [5.74, 6) is 1.92. The zero-order chi connectivity index (χ0) is 22.3. The molecule has 6 heteroatoms. The number of rotatable bonds is 7. The lowest BCUT2D eigenvalue weighted by atomic mass is 9.89. The maximum Gasteiger partial charge on any atom is 0.135 e. The van der Waals surface area contributed by atoms with Gasteiger partial charge in [-0.3, -0.25) is 4.90 Å². The molecule has 1 aromatic heterocycles. The molecule has 2 aromatic rings. The van der Waals surface area contributed by atoms with Crippen LogP contribution in [0.25, 0.3) is 10.9 Å². The summed E-state index contributed by atoms with van der Waals surface area (Å²) in [5.41, 5.74) is 7.19. The van der Waals surface area contributed by atoms with Gasteiger partial charge in [0.1, 0.15) is 11.6 Å². The lowest BCUT2D eigenvalue weighted by Gasteiger charge is -2.35. The van der Waals surface area contributed by atoms with Gasteiger partial charge >= 0.3 is 0 Å². The van der Waals surface area contributed by atoms with Crippen LogP contribution in [0.5, 0.6) is 0 Å². The monoisotopic (exact) mass is 440 g/mol. The van der Waals surface area contributed by atoms with Crippen LogP contribution in [0.4, 0.5) is 5.82 Å². The van der Waals surface area contributed by atoms with Gasteiger partial charge in [0, 0.05) is 30.4 Å². The Bertz CT molecular complexity index is 845. The van der Waals surface area contributed by atoms with E-state index in [1.54, 1.807) is 0 Å². The van der Waals surface area contributed by atoms with Crippen LogP contribution in [0.2, 0.25) is 0 Å². The number of hydrogen-bond acceptors (Lipinski definition) is 6. The van der Waals surface area contributed by atoms with Crippen molar-refractivity contribution in [3.63, 3.8) is 0 Å². The van der Waals surface area contributed by atoms with Crippen LogP contribution in [0.1, 0.15) is 77.0 Å². The molecule has 2 unspecified atom stereocenters. The summed E-state index contributed by atoms with van der Waals surface area (Å²) in [6, 6.07) is 8.59. The number of ether oxygens (including phenoxy) is 2. The summed E-state index contributed by atoms with van der Waals surface area (Å²) >= 11 is 0. The number of nitrogens with two attached hydrogens (primary N) is 1. The Kier molecular flexibility index (Phi) is 8.33. The van der Waals surface area contributed by atoms with Crippen LogP contribution in [0.3, 0.4) is 0 Å². The second-order valence-electron chi connectivity index (χ2n) is 9.56. The van der Waals surface area contributed by atoms with Crippen LogP contribution >= 0.6 is 0 Å². The Balaban J connectivity index is 1.30. The van der Waals surface area contributed by atoms with Gasteiger partial charge in [0.2, 0.25) is 0 Å². The fourth-order valence-corrected chi connectivity index (χ4v) is 5.31. The molecule has 0 radical (unpaired) electrons. The van der Waals surface area contributed by atoms with E-state index in [9.17, 15) is 0 Å². The van der Waals surface area contributed by atoms with E-state index in [-0.39, 0.29) is 0 Å². The van der Waals surface area contributed by atoms with Gasteiger partial charge in [-0.05, 0) is 57.6 Å². The summed E-state index contributed by atoms with van der Waals surface area (Å²) in [6.45, 7) is 8.41. The molecule has 1 aromatic carbocycles. The van der Waals surface area contributed by atoms with Crippen molar-refractivity contribution in [1.82, 2.24) is 14.9 Å². The summed E-state index contributed by atoms with van der Waals surface area (Å²) in [6.07, 6.45) is 9.69. The summed E-state index contributed by atoms with van der Waals surface area (Å²) < 4.78 is 12.2. The van der Waals surface area contributed by atoms with E-state index in [2.05, 4.69) is 23.7 Å². The number of benzene rings is 1. The van der Waals surface area contributed by atoms with Crippen molar-refractivity contribution in [2.75, 3.05) is 32.0 Å². The molecule has 2 fully saturated rings. The van der Waals surface area contributed by atoms with Crippen molar-refractivity contribution in [1.29, 1.82) is 0 Å². The molecule has 176 valence electrons. The second-order valence-corrected chi connectivity index (χ2v) is 9.56. The first kappa shape index (κ1) is 23.4. The Hall–Kier alpha value is -1.76. The molecule has 4 rings (SSSR count). The quantitative estimate of drug-likeness (QED) is 0.658. The number of fused-ring (bicyclic) bond motifs is 1. The van der Waals surface area contributed by atoms with Gasteiger partial charge in [0.25, 0.3) is 0 Å². The topological polar surface area (TPSA) is 73.5 Å². The molecule has 2 aliphatic rings. The molecule has 1 aliphatic heterocycles. The minimum absolute atomic E-state index is 0.344. The normalized spacial score (nSPS) is 25.2. The molecule has 2 heterocycles. The Morgan fingerprint density at radius 3 is 2.53 bits per heavy atom. The van der Waals surface area contributed by atoms with Gasteiger partial charge in [0.05, 0.1) is 30.9 Å². The highest BCUT2D eigenvalue weighted by molar-refractivity contribution is 5.87. The Labute approximate surface area is 192 Å². The summed E-state index contributed by atoms with van der Waals surface area (Å²) in [4.78, 5) is 12.1. The Morgan fingerprint density at radius 1 is 1.09 bits per heavy atom. The molecular weight excluding hydrogens is 400 g/mol. The third-order valence-electron chi connectivity index (χ3n) is 7.29. The van der Waals surface area contributed by atoms with Crippen molar-refractivity contribution in [3.05, 3.63) is 30.1 Å². The highest BCUT2D eigenvalue weighted by Gasteiger charge is 2.25. The van der Waals surface area contributed by atoms with Crippen LogP contribution in [-0.4, -0.2) is 59.4 Å². The number of nitrogens with zero attached hydrogens (tertiary/aromatic N) is 3. The molecule has 2 N–H and O–H groups in total. The minimum atomic E-state index is 0.344. The molecule has 0 spiro atoms. The van der Waals surface area contributed by atoms with Gasteiger partial charge < -0.3 is 15.2 Å². The van der Waals surface area contributed by atoms with Crippen LogP contribution in [-0.2, 0) is 9.47 Å². The van der Waals surface area contributed by atoms with Gasteiger partial charge in [-0.2, -0.15) is 0 Å². The SMILES string of the molecule is CCC(CC(C)N1CCOCC1)OC1CCCC(c2nc(N)c3ccccc3n2)CCC1. The molecule has 32 heavy (non-hydrogen) atoms. The second kappa shape index (κ2) is 11.4. The lowest BCUT2D eigenvalue weighted by Crippen LogP contribution is -2.44. The first-order chi connectivity index (χ1) is 15.6. The third-order valence-corrected chi connectivity index (χ3v) is 7.29. The molecule has 1 saturated carbocycles. The van der Waals surface area contributed by atoms with Crippen molar-refractivity contribution < 1.29 is 9.47 Å². The zero-order valence-corrected chi connectivity index (χ0v) is 19.8. The van der Waals surface area contributed by atoms with Crippen LogP contribution in [0, 0.1) is 0 Å². The maximum absolute atomic E-state index is 6.65. The fourth-order valence-electron chi connectivity index (χ4n) is 5.31. The summed E-state index contributed by atoms with van der Waals surface area (Å²) in [5, 5.41) is 0.951. The largest absolute Gasteiger partial charge is 0.383 e. The first-order valence-electron chi connectivity index (χ1n) is 12.6. The number of morpholine rings is 1. The van der Waals surface area contributed by atoms with Gasteiger partial charge in [-0.25, -0.2) is 9.97 Å². The van der Waals surface area contributed by atoms with E-state index in [0.717, 1.165) is 94.4 Å². The standard InChI is InChI=1S/C26H40N4O2/c1-3-21(18-19(2)30-14-16-31-17-15-30)32-22-10-6-8-20(9-7-11-22)26-28-24-13-5-4-12-23(24)25(27)29-26/h4-5,12-13,19-22H,3,6-11,14-18H2,1-2H3,(H2,27,28,29). The van der Waals surface area contributed by atoms with Crippen LogP contribution in [0.15, 0.2) is 24.3 Å². The molecule has 0 amide bonds. The maximum atomic E-state index is 6.65. The smallest absolute Gasteiger partial charge is 0.135 e. The summed E-state index contributed by atoms with van der Waals surface area (Å²) in [7, 11) is 0. The molecule has 1 aliphatic carbocycles. The Morgan fingerprint density at radius 2 is 1.81 bits per heavy atom. The number of anilines is 1. The lowest BCUT2D eigenvalue weighted by molar-refractivity contribution is -0.0491. The van der Waals surface area contributed by atoms with Crippen molar-refractivity contribution >= 4 is 16.7 Å². The highest BCUT2D eigenvalue weighted by Crippen LogP contribution is 2.32. The van der Waals surface area contributed by atoms with E-state index in [4.69, 9.17) is 20.2 Å². The van der Waals surface area contributed by atoms with E-state index in [1.807, 2.05) is 24.3 Å². The molecule has 2 atom stereocenters. The number of para-hydroxylation sites is 1. The van der Waals surface area contributed by atoms with Gasteiger partial charge in [-0.1, -0.05) is 31.9 Å². The van der Waals surface area contributed by atoms with Gasteiger partial charge in [-0.15, -0.1) is 0 Å². The third kappa shape index (κ3) is 5.97. The molecular formula is C26H40N4O2. The average Bonchev–Trinajstić information content (AvgIpc) is 2.80. The van der Waals surface area contributed by atoms with Crippen molar-refractivity contribution in [2.45, 2.75) is 89.4 Å². The van der Waals surface area contributed by atoms with Gasteiger partial charge in [0.15, 0.2) is 0 Å². The first-order valence-corrected chi connectivity index (χ1v) is 12.6. The molecule has 1 saturated heterocycles. The predicted molar refractivity (Wildman–Crippen MR) is 130 cm³/mol. The molecule has 0 bridgehead atoms. The predicted octanol–water partition coefficient (Wildman–Crippen LogP) is 4.92. The van der Waals surface area contributed by atoms with E-state index in [1.165, 1.54) is 0 Å².